The van der Waals surface area contributed by atoms with Crippen LogP contribution in [0.2, 0.25) is 5.02 Å². The number of rotatable bonds is 4. The van der Waals surface area contributed by atoms with Crippen molar-refractivity contribution in [3.8, 4) is 11.3 Å². The zero-order valence-corrected chi connectivity index (χ0v) is 17.3. The van der Waals surface area contributed by atoms with Gasteiger partial charge in [-0.05, 0) is 44.0 Å². The number of hydrogen-bond donors (Lipinski definition) is 0. The van der Waals surface area contributed by atoms with Crippen LogP contribution in [-0.4, -0.2) is 33.9 Å². The Bertz CT molecular complexity index is 987. The highest BCUT2D eigenvalue weighted by molar-refractivity contribution is 7.09. The predicted molar refractivity (Wildman–Crippen MR) is 114 cm³/mol. The lowest BCUT2D eigenvalue weighted by Crippen LogP contribution is -2.40. The summed E-state index contributed by atoms with van der Waals surface area (Å²) in [5.74, 6) is 0.412. The van der Waals surface area contributed by atoms with E-state index in [9.17, 15) is 4.79 Å². The number of hydrogen-bond acceptors (Lipinski definition) is 4. The SMILES string of the molecule is Cc1nc(CC(=O)N2CCCC(c3cccc(-c4cccc(Cl)c4)n3)C2)cs1. The number of piperidine rings is 1. The van der Waals surface area contributed by atoms with Crippen LogP contribution in [0.5, 0.6) is 0 Å². The van der Waals surface area contributed by atoms with Gasteiger partial charge in [-0.15, -0.1) is 11.3 Å². The number of pyridine rings is 1. The van der Waals surface area contributed by atoms with E-state index in [0.29, 0.717) is 18.0 Å². The van der Waals surface area contributed by atoms with Crippen molar-refractivity contribution < 1.29 is 4.79 Å². The van der Waals surface area contributed by atoms with Gasteiger partial charge in [-0.3, -0.25) is 9.78 Å². The maximum absolute atomic E-state index is 12.7. The summed E-state index contributed by atoms with van der Waals surface area (Å²) in [4.78, 5) is 24.0. The molecule has 3 aromatic rings. The average Bonchev–Trinajstić information content (AvgIpc) is 3.13. The van der Waals surface area contributed by atoms with Crippen molar-refractivity contribution in [1.82, 2.24) is 14.9 Å². The monoisotopic (exact) mass is 411 g/mol. The van der Waals surface area contributed by atoms with Crippen LogP contribution in [0.4, 0.5) is 0 Å². The van der Waals surface area contributed by atoms with Crippen LogP contribution in [-0.2, 0) is 11.2 Å². The molecule has 2 aromatic heterocycles. The van der Waals surface area contributed by atoms with E-state index in [1.165, 1.54) is 0 Å². The van der Waals surface area contributed by atoms with E-state index in [2.05, 4.69) is 11.1 Å². The van der Waals surface area contributed by atoms with Crippen LogP contribution in [0.1, 0.15) is 35.2 Å². The van der Waals surface area contributed by atoms with Gasteiger partial charge in [0, 0.05) is 40.7 Å². The number of amides is 1. The molecule has 28 heavy (non-hydrogen) atoms. The fourth-order valence-electron chi connectivity index (χ4n) is 3.69. The molecule has 1 atom stereocenters. The van der Waals surface area contributed by atoms with Crippen molar-refractivity contribution in [3.63, 3.8) is 0 Å². The summed E-state index contributed by atoms with van der Waals surface area (Å²) in [5.41, 5.74) is 3.84. The van der Waals surface area contributed by atoms with Gasteiger partial charge in [0.2, 0.25) is 5.91 Å². The minimum absolute atomic E-state index is 0.154. The van der Waals surface area contributed by atoms with Crippen molar-refractivity contribution in [3.05, 3.63) is 69.3 Å². The quantitative estimate of drug-likeness (QED) is 0.598. The largest absolute Gasteiger partial charge is 0.342 e. The Labute approximate surface area is 174 Å². The summed E-state index contributed by atoms with van der Waals surface area (Å²) in [6.45, 7) is 3.49. The Morgan fingerprint density at radius 2 is 2.11 bits per heavy atom. The lowest BCUT2D eigenvalue weighted by atomic mass is 9.93. The molecule has 1 aliphatic rings. The maximum atomic E-state index is 12.7. The molecule has 1 unspecified atom stereocenters. The van der Waals surface area contributed by atoms with E-state index in [0.717, 1.165) is 47.0 Å². The van der Waals surface area contributed by atoms with E-state index in [1.807, 2.05) is 53.6 Å². The average molecular weight is 412 g/mol. The van der Waals surface area contributed by atoms with Gasteiger partial charge in [0.25, 0.3) is 0 Å². The molecule has 0 bridgehead atoms. The van der Waals surface area contributed by atoms with Crippen molar-refractivity contribution in [2.24, 2.45) is 0 Å². The molecular weight excluding hydrogens is 390 g/mol. The molecule has 0 aliphatic carbocycles. The first-order valence-electron chi connectivity index (χ1n) is 9.50. The molecule has 4 nitrogen and oxygen atoms in total. The van der Waals surface area contributed by atoms with Crippen LogP contribution in [0.3, 0.4) is 0 Å². The Hall–Kier alpha value is -2.24. The number of benzene rings is 1. The van der Waals surface area contributed by atoms with Crippen LogP contribution in [0, 0.1) is 6.92 Å². The molecule has 1 aromatic carbocycles. The maximum Gasteiger partial charge on any atom is 0.228 e. The molecule has 1 amide bonds. The number of aromatic nitrogens is 2. The normalized spacial score (nSPS) is 16.9. The Kier molecular flexibility index (Phi) is 5.74. The van der Waals surface area contributed by atoms with Crippen LogP contribution in [0.15, 0.2) is 47.8 Å². The number of carbonyl (C=O) groups is 1. The fourth-order valence-corrected chi connectivity index (χ4v) is 4.49. The van der Waals surface area contributed by atoms with Crippen molar-refractivity contribution in [2.45, 2.75) is 32.1 Å². The molecule has 1 aliphatic heterocycles. The zero-order chi connectivity index (χ0) is 19.5. The van der Waals surface area contributed by atoms with Crippen molar-refractivity contribution in [2.75, 3.05) is 13.1 Å². The van der Waals surface area contributed by atoms with Gasteiger partial charge in [0.05, 0.1) is 22.8 Å². The number of carbonyl (C=O) groups excluding carboxylic acids is 1. The molecule has 3 heterocycles. The molecule has 1 saturated heterocycles. The Balaban J connectivity index is 1.48. The molecular formula is C22H22ClN3OS. The second-order valence-corrected chi connectivity index (χ2v) is 8.67. The summed E-state index contributed by atoms with van der Waals surface area (Å²) >= 11 is 7.72. The van der Waals surface area contributed by atoms with Gasteiger partial charge in [-0.1, -0.05) is 29.8 Å². The molecule has 1 fully saturated rings. The van der Waals surface area contributed by atoms with E-state index in [1.54, 1.807) is 11.3 Å². The third-order valence-electron chi connectivity index (χ3n) is 5.08. The highest BCUT2D eigenvalue weighted by Crippen LogP contribution is 2.28. The minimum atomic E-state index is 0.154. The zero-order valence-electron chi connectivity index (χ0n) is 15.8. The summed E-state index contributed by atoms with van der Waals surface area (Å²) in [7, 11) is 0. The first kappa shape index (κ1) is 19.1. The highest BCUT2D eigenvalue weighted by Gasteiger charge is 2.26. The first-order chi connectivity index (χ1) is 13.6. The molecule has 0 N–H and O–H groups in total. The summed E-state index contributed by atoms with van der Waals surface area (Å²) in [5, 5.41) is 3.68. The summed E-state index contributed by atoms with van der Waals surface area (Å²) in [6.07, 6.45) is 2.42. The van der Waals surface area contributed by atoms with E-state index in [4.69, 9.17) is 16.6 Å². The van der Waals surface area contributed by atoms with Crippen LogP contribution < -0.4 is 0 Å². The van der Waals surface area contributed by atoms with Gasteiger partial charge in [0.1, 0.15) is 0 Å². The number of thiazole rings is 1. The summed E-state index contributed by atoms with van der Waals surface area (Å²) < 4.78 is 0. The summed E-state index contributed by atoms with van der Waals surface area (Å²) in [6, 6.07) is 13.9. The first-order valence-corrected chi connectivity index (χ1v) is 10.8. The number of nitrogens with zero attached hydrogens (tertiary/aromatic N) is 3. The molecule has 0 radical (unpaired) electrons. The van der Waals surface area contributed by atoms with Crippen molar-refractivity contribution in [1.29, 1.82) is 0 Å². The fraction of sp³-hybridized carbons (Fsp3) is 0.318. The number of aryl methyl sites for hydroxylation is 1. The van der Waals surface area contributed by atoms with Gasteiger partial charge in [-0.2, -0.15) is 0 Å². The van der Waals surface area contributed by atoms with E-state index in [-0.39, 0.29) is 11.8 Å². The van der Waals surface area contributed by atoms with Crippen LogP contribution in [0.25, 0.3) is 11.3 Å². The second kappa shape index (κ2) is 8.41. The third-order valence-corrected chi connectivity index (χ3v) is 6.14. The number of halogens is 1. The number of likely N-dealkylation sites (tertiary alicyclic amines) is 1. The topological polar surface area (TPSA) is 46.1 Å². The van der Waals surface area contributed by atoms with Gasteiger partial charge >= 0.3 is 0 Å². The third kappa shape index (κ3) is 4.42. The van der Waals surface area contributed by atoms with Gasteiger partial charge < -0.3 is 4.90 Å². The Morgan fingerprint density at radius 3 is 2.89 bits per heavy atom. The van der Waals surface area contributed by atoms with E-state index < -0.39 is 0 Å². The predicted octanol–water partition coefficient (Wildman–Crippen LogP) is 5.12. The standard InChI is InChI=1S/C22H22ClN3OS/c1-15-24-19(14-28-15)12-22(27)26-10-4-6-17(13-26)21-9-3-8-20(25-21)16-5-2-7-18(23)11-16/h2-3,5,7-9,11,14,17H,4,6,10,12-13H2,1H3. The second-order valence-electron chi connectivity index (χ2n) is 7.17. The van der Waals surface area contributed by atoms with Crippen molar-refractivity contribution >= 4 is 28.8 Å². The smallest absolute Gasteiger partial charge is 0.228 e. The van der Waals surface area contributed by atoms with Crippen LogP contribution >= 0.6 is 22.9 Å². The molecule has 0 saturated carbocycles. The lowest BCUT2D eigenvalue weighted by molar-refractivity contribution is -0.131. The molecule has 0 spiro atoms. The molecule has 144 valence electrons. The van der Waals surface area contributed by atoms with Gasteiger partial charge in [0.15, 0.2) is 0 Å². The lowest BCUT2D eigenvalue weighted by Gasteiger charge is -2.32. The minimum Gasteiger partial charge on any atom is -0.342 e. The molecule has 6 heteroatoms. The van der Waals surface area contributed by atoms with Gasteiger partial charge in [-0.25, -0.2) is 4.98 Å². The molecule has 4 rings (SSSR count). The Morgan fingerprint density at radius 1 is 1.25 bits per heavy atom. The van der Waals surface area contributed by atoms with E-state index >= 15 is 0 Å². The highest BCUT2D eigenvalue weighted by atomic mass is 35.5.